The molecule has 0 atom stereocenters. The van der Waals surface area contributed by atoms with Crippen LogP contribution in [0, 0.1) is 11.3 Å². The van der Waals surface area contributed by atoms with Crippen LogP contribution in [0.5, 0.6) is 0 Å². The molecule has 0 bridgehead atoms. The van der Waals surface area contributed by atoms with Gasteiger partial charge in [0.15, 0.2) is 6.07 Å². The molecule has 1 heterocycles. The van der Waals surface area contributed by atoms with Gasteiger partial charge in [0.25, 0.3) is 0 Å². The molecule has 15 heavy (non-hydrogen) atoms. The maximum Gasteiger partial charge on any atom is 0.364 e. The minimum Gasteiger partial charge on any atom is -0.757 e. The van der Waals surface area contributed by atoms with Gasteiger partial charge in [-0.3, -0.25) is 0 Å². The normalized spacial score (nSPS) is 9.13. The third-order valence-corrected chi connectivity index (χ3v) is 1.92. The van der Waals surface area contributed by atoms with Crippen LogP contribution in [0.2, 0.25) is 0 Å². The molecule has 76 valence electrons. The lowest BCUT2D eigenvalue weighted by atomic mass is 10.2. The van der Waals surface area contributed by atoms with Gasteiger partial charge in [0, 0.05) is 10.2 Å². The molecule has 1 aromatic rings. The van der Waals surface area contributed by atoms with Crippen LogP contribution < -0.4 is 4.80 Å². The summed E-state index contributed by atoms with van der Waals surface area (Å²) in [6.07, 6.45) is 1.50. The van der Waals surface area contributed by atoms with Crippen molar-refractivity contribution in [1.29, 1.82) is 5.26 Å². The van der Waals surface area contributed by atoms with Crippen molar-refractivity contribution in [3.8, 4) is 6.07 Å². The van der Waals surface area contributed by atoms with Gasteiger partial charge in [0.1, 0.15) is 11.4 Å². The summed E-state index contributed by atoms with van der Waals surface area (Å²) in [6.45, 7) is 3.93. The number of nitriles is 1. The minimum absolute atomic E-state index is 0.111. The van der Waals surface area contributed by atoms with E-state index in [4.69, 9.17) is 10.7 Å². The van der Waals surface area contributed by atoms with E-state index in [0.717, 1.165) is 29.0 Å². The van der Waals surface area contributed by atoms with Gasteiger partial charge in [-0.15, -0.1) is 0 Å². The molecule has 5 nitrogen and oxygen atoms in total. The van der Waals surface area contributed by atoms with E-state index in [1.807, 2.05) is 19.9 Å². The van der Waals surface area contributed by atoms with E-state index >= 15 is 0 Å². The summed E-state index contributed by atoms with van der Waals surface area (Å²) < 4.78 is 0. The highest BCUT2D eigenvalue weighted by molar-refractivity contribution is 5.83. The third-order valence-electron chi connectivity index (χ3n) is 1.92. The molecular formula is C10H11N5. The monoisotopic (exact) mass is 201 g/mol. The molecule has 0 unspecified atom stereocenters. The Balaban J connectivity index is 3.31. The highest BCUT2D eigenvalue weighted by atomic mass is 15.5. The number of allylic oxidation sites excluding steroid dienone is 1. The molecule has 5 heteroatoms. The Kier molecular flexibility index (Phi) is 3.67. The topological polar surface area (TPSA) is 75.8 Å². The summed E-state index contributed by atoms with van der Waals surface area (Å²) >= 11 is 0. The van der Waals surface area contributed by atoms with Crippen molar-refractivity contribution in [3.05, 3.63) is 22.9 Å². The van der Waals surface area contributed by atoms with Crippen LogP contribution in [-0.4, -0.2) is 16.1 Å². The lowest BCUT2D eigenvalue weighted by molar-refractivity contribution is -0.703. The first kappa shape index (κ1) is 11.0. The average molecular weight is 201 g/mol. The van der Waals surface area contributed by atoms with Crippen LogP contribution in [0.1, 0.15) is 25.2 Å². The molecule has 0 aliphatic heterocycles. The van der Waals surface area contributed by atoms with E-state index in [1.165, 1.54) is 0 Å². The average Bonchev–Trinajstić information content (AvgIpc) is 2.30. The first-order valence-electron chi connectivity index (χ1n) is 4.72. The molecule has 0 aromatic carbocycles. The maximum atomic E-state index is 8.70. The van der Waals surface area contributed by atoms with E-state index in [1.54, 1.807) is 11.9 Å². The number of aryl methyl sites for hydroxylation is 2. The van der Waals surface area contributed by atoms with Gasteiger partial charge < -0.3 is 5.41 Å². The lowest BCUT2D eigenvalue weighted by Gasteiger charge is -1.95. The minimum atomic E-state index is -0.111. The van der Waals surface area contributed by atoms with Crippen molar-refractivity contribution >= 4 is 11.6 Å². The van der Waals surface area contributed by atoms with Gasteiger partial charge in [-0.1, -0.05) is 13.8 Å². The molecular weight excluding hydrogens is 190 g/mol. The smallest absolute Gasteiger partial charge is 0.364 e. The van der Waals surface area contributed by atoms with E-state index in [2.05, 4.69) is 10.2 Å². The maximum absolute atomic E-state index is 8.70. The van der Waals surface area contributed by atoms with Crippen LogP contribution >= 0.6 is 0 Å². The molecule has 0 radical (unpaired) electrons. The Morgan fingerprint density at radius 2 is 1.93 bits per heavy atom. The second kappa shape index (κ2) is 4.99. The number of aromatic nitrogens is 3. The second-order valence-corrected chi connectivity index (χ2v) is 2.90. The highest BCUT2D eigenvalue weighted by Crippen LogP contribution is 1.98. The summed E-state index contributed by atoms with van der Waals surface area (Å²) in [7, 11) is 0. The molecule has 0 N–H and O–H groups in total. The largest absolute Gasteiger partial charge is 0.757 e. The van der Waals surface area contributed by atoms with Gasteiger partial charge in [-0.05, 0) is 18.9 Å². The molecule has 0 aliphatic carbocycles. The Hall–Kier alpha value is -2.05. The summed E-state index contributed by atoms with van der Waals surface area (Å²) in [4.78, 5) is 1.11. The van der Waals surface area contributed by atoms with Crippen molar-refractivity contribution in [3.63, 3.8) is 0 Å². The van der Waals surface area contributed by atoms with Crippen LogP contribution in [0.4, 0.5) is 0 Å². The Bertz CT molecular complexity index is 429. The molecule has 0 amide bonds. The fraction of sp³-hybridized carbons (Fsp3) is 0.400. The molecule has 0 fully saturated rings. The molecule has 0 aliphatic rings. The Morgan fingerprint density at radius 1 is 1.40 bits per heavy atom. The highest BCUT2D eigenvalue weighted by Gasteiger charge is 2.14. The van der Waals surface area contributed by atoms with E-state index < -0.39 is 0 Å². The quantitative estimate of drug-likeness (QED) is 0.406. The molecule has 0 saturated heterocycles. The van der Waals surface area contributed by atoms with E-state index in [0.29, 0.717) is 0 Å². The molecule has 0 saturated carbocycles. The predicted molar refractivity (Wildman–Crippen MR) is 54.7 cm³/mol. The van der Waals surface area contributed by atoms with Crippen molar-refractivity contribution in [1.82, 2.24) is 10.2 Å². The van der Waals surface area contributed by atoms with Gasteiger partial charge in [-0.25, -0.2) is 0 Å². The summed E-state index contributed by atoms with van der Waals surface area (Å²) in [5, 5.41) is 25.5. The van der Waals surface area contributed by atoms with E-state index in [9.17, 15) is 0 Å². The standard InChI is InChI=1S/C10H11N5/c1-3-8-5-9(4-2)14-15(13-8)10(6-11)7-12/h5H,3-4H2,1-2H3. The number of rotatable bonds is 3. The third kappa shape index (κ3) is 2.46. The van der Waals surface area contributed by atoms with Crippen LogP contribution in [-0.2, 0) is 12.8 Å². The van der Waals surface area contributed by atoms with Gasteiger partial charge in [-0.2, -0.15) is 11.1 Å². The Labute approximate surface area is 88.2 Å². The second-order valence-electron chi connectivity index (χ2n) is 2.90. The first-order chi connectivity index (χ1) is 7.24. The van der Waals surface area contributed by atoms with Crippen LogP contribution in [0.25, 0.3) is 11.1 Å². The zero-order valence-corrected chi connectivity index (χ0v) is 8.73. The molecule has 1 rings (SSSR count). The first-order valence-corrected chi connectivity index (χ1v) is 4.72. The van der Waals surface area contributed by atoms with Gasteiger partial charge >= 0.3 is 5.70 Å². The summed E-state index contributed by atoms with van der Waals surface area (Å²) in [5.41, 5.74) is 1.54. The predicted octanol–water partition coefficient (Wildman–Crippen LogP) is 0.492. The van der Waals surface area contributed by atoms with Crippen molar-refractivity contribution in [2.75, 3.05) is 0 Å². The Morgan fingerprint density at radius 3 is 2.27 bits per heavy atom. The zero-order chi connectivity index (χ0) is 11.3. The van der Waals surface area contributed by atoms with Crippen molar-refractivity contribution in [2.24, 2.45) is 0 Å². The fourth-order valence-corrected chi connectivity index (χ4v) is 1.08. The number of hydrogen-bond acceptors (Lipinski definition) is 3. The number of nitrogens with zero attached hydrogens (tertiary/aromatic N) is 5. The number of hydrogen-bond donors (Lipinski definition) is 0. The SMILES string of the molecule is CCc1cc(CC)n[n+](C(=C=[N-])C#N)n1. The van der Waals surface area contributed by atoms with Gasteiger partial charge in [0.2, 0.25) is 0 Å². The van der Waals surface area contributed by atoms with Crippen LogP contribution in [0.15, 0.2) is 6.07 Å². The lowest BCUT2D eigenvalue weighted by Crippen LogP contribution is -2.42. The fourth-order valence-electron chi connectivity index (χ4n) is 1.08. The summed E-state index contributed by atoms with van der Waals surface area (Å²) in [6, 6.07) is 3.64. The van der Waals surface area contributed by atoms with Crippen LogP contribution in [0.3, 0.4) is 0 Å². The molecule has 0 spiro atoms. The summed E-state index contributed by atoms with van der Waals surface area (Å²) in [5.74, 6) is 1.76. The van der Waals surface area contributed by atoms with Crippen molar-refractivity contribution < 1.29 is 4.80 Å². The van der Waals surface area contributed by atoms with Crippen molar-refractivity contribution in [2.45, 2.75) is 26.7 Å². The zero-order valence-electron chi connectivity index (χ0n) is 8.73. The molecule has 1 aromatic heterocycles. The van der Waals surface area contributed by atoms with E-state index in [-0.39, 0.29) is 5.70 Å². The van der Waals surface area contributed by atoms with Gasteiger partial charge in [0.05, 0.1) is 4.80 Å².